The molecule has 1 saturated heterocycles. The van der Waals surface area contributed by atoms with Crippen LogP contribution in [0.3, 0.4) is 0 Å². The minimum Gasteiger partial charge on any atom is -0.365 e. The van der Waals surface area contributed by atoms with Gasteiger partial charge in [-0.25, -0.2) is 4.98 Å². The van der Waals surface area contributed by atoms with Gasteiger partial charge in [0.2, 0.25) is 0 Å². The zero-order chi connectivity index (χ0) is 11.5. The number of aryl methyl sites for hydroxylation is 1. The van der Waals surface area contributed by atoms with E-state index in [1.807, 2.05) is 18.0 Å². The van der Waals surface area contributed by atoms with Crippen LogP contribution in [0.25, 0.3) is 0 Å². The fourth-order valence-corrected chi connectivity index (χ4v) is 2.42. The number of rotatable bonds is 3. The molecule has 1 aliphatic rings. The summed E-state index contributed by atoms with van der Waals surface area (Å²) in [6.07, 6.45) is 2.84. The third-order valence-corrected chi connectivity index (χ3v) is 3.17. The Balaban J connectivity index is 2.06. The highest BCUT2D eigenvalue weighted by Crippen LogP contribution is 2.17. The number of aromatic nitrogens is 1. The van der Waals surface area contributed by atoms with E-state index in [9.17, 15) is 10.1 Å². The van der Waals surface area contributed by atoms with Crippen LogP contribution in [0.4, 0.5) is 0 Å². The summed E-state index contributed by atoms with van der Waals surface area (Å²) in [5, 5.41) is 14.4. The van der Waals surface area contributed by atoms with Crippen molar-refractivity contribution < 1.29 is 4.92 Å². The van der Waals surface area contributed by atoms with Gasteiger partial charge in [-0.15, -0.1) is 11.3 Å². The van der Waals surface area contributed by atoms with Crippen molar-refractivity contribution in [2.45, 2.75) is 13.5 Å². The first-order chi connectivity index (χ1) is 7.65. The smallest absolute Gasteiger partial charge is 0.274 e. The number of nitro groups is 1. The number of thiazole rings is 1. The lowest BCUT2D eigenvalue weighted by Gasteiger charge is -2.15. The van der Waals surface area contributed by atoms with Crippen molar-refractivity contribution in [3.05, 3.63) is 38.2 Å². The highest BCUT2D eigenvalue weighted by atomic mass is 32.1. The molecule has 0 bridgehead atoms. The Kier molecular flexibility index (Phi) is 3.04. The lowest BCUT2D eigenvalue weighted by molar-refractivity contribution is -0.404. The minimum atomic E-state index is -0.432. The second-order valence-electron chi connectivity index (χ2n) is 3.49. The molecule has 16 heavy (non-hydrogen) atoms. The van der Waals surface area contributed by atoms with E-state index in [0.717, 1.165) is 29.2 Å². The van der Waals surface area contributed by atoms with Crippen molar-refractivity contribution in [2.75, 3.05) is 13.1 Å². The van der Waals surface area contributed by atoms with Crippen molar-refractivity contribution in [3.8, 4) is 0 Å². The molecule has 86 valence electrons. The van der Waals surface area contributed by atoms with Gasteiger partial charge in [0, 0.05) is 24.2 Å². The maximum Gasteiger partial charge on any atom is 0.274 e. The molecule has 6 nitrogen and oxygen atoms in total. The van der Waals surface area contributed by atoms with Crippen LogP contribution in [-0.2, 0) is 6.54 Å². The van der Waals surface area contributed by atoms with Crippen molar-refractivity contribution in [1.29, 1.82) is 0 Å². The Hall–Kier alpha value is -1.63. The van der Waals surface area contributed by atoms with E-state index >= 15 is 0 Å². The van der Waals surface area contributed by atoms with Gasteiger partial charge in [-0.1, -0.05) is 0 Å². The molecule has 0 aliphatic carbocycles. The third-order valence-electron chi connectivity index (χ3n) is 2.27. The van der Waals surface area contributed by atoms with Gasteiger partial charge in [-0.05, 0) is 6.92 Å². The normalized spacial score (nSPS) is 17.8. The van der Waals surface area contributed by atoms with E-state index in [1.165, 1.54) is 0 Å². The maximum atomic E-state index is 10.4. The van der Waals surface area contributed by atoms with E-state index in [-0.39, 0.29) is 0 Å². The summed E-state index contributed by atoms with van der Waals surface area (Å²) in [5.41, 5.74) is 0. The van der Waals surface area contributed by atoms with E-state index in [1.54, 1.807) is 11.3 Å². The zero-order valence-electron chi connectivity index (χ0n) is 8.84. The van der Waals surface area contributed by atoms with Crippen LogP contribution in [0.2, 0.25) is 0 Å². The Bertz CT molecular complexity index is 429. The Morgan fingerprint density at radius 3 is 3.25 bits per heavy atom. The molecule has 0 spiro atoms. The Morgan fingerprint density at radius 2 is 2.62 bits per heavy atom. The number of hydrogen-bond donors (Lipinski definition) is 1. The molecule has 0 saturated carbocycles. The van der Waals surface area contributed by atoms with Gasteiger partial charge in [-0.2, -0.15) is 0 Å². The first-order valence-corrected chi connectivity index (χ1v) is 5.72. The molecule has 0 aromatic carbocycles. The second kappa shape index (κ2) is 4.48. The van der Waals surface area contributed by atoms with Gasteiger partial charge in [0.1, 0.15) is 0 Å². The quantitative estimate of drug-likeness (QED) is 0.628. The molecule has 2 heterocycles. The summed E-state index contributed by atoms with van der Waals surface area (Å²) in [7, 11) is 0. The first-order valence-electron chi connectivity index (χ1n) is 4.90. The summed E-state index contributed by atoms with van der Waals surface area (Å²) >= 11 is 1.62. The molecule has 0 unspecified atom stereocenters. The molecule has 1 aliphatic heterocycles. The van der Waals surface area contributed by atoms with E-state index in [4.69, 9.17) is 0 Å². The number of nitrogens with zero attached hydrogens (tertiary/aromatic N) is 3. The third kappa shape index (κ3) is 2.48. The van der Waals surface area contributed by atoms with Gasteiger partial charge >= 0.3 is 0 Å². The number of nitrogens with one attached hydrogen (secondary N) is 1. The van der Waals surface area contributed by atoms with Crippen molar-refractivity contribution in [3.63, 3.8) is 0 Å². The van der Waals surface area contributed by atoms with Crippen LogP contribution in [0.5, 0.6) is 0 Å². The largest absolute Gasteiger partial charge is 0.365 e. The van der Waals surface area contributed by atoms with Gasteiger partial charge < -0.3 is 10.2 Å². The van der Waals surface area contributed by atoms with Gasteiger partial charge in [0.05, 0.1) is 16.5 Å². The fraction of sp³-hybridized carbons (Fsp3) is 0.444. The highest BCUT2D eigenvalue weighted by Gasteiger charge is 2.20. The van der Waals surface area contributed by atoms with Gasteiger partial charge in [0.15, 0.2) is 5.82 Å². The molecule has 1 N–H and O–H groups in total. The van der Waals surface area contributed by atoms with Crippen LogP contribution in [-0.4, -0.2) is 27.9 Å². The first kappa shape index (κ1) is 10.9. The van der Waals surface area contributed by atoms with Crippen LogP contribution in [0.1, 0.15) is 9.88 Å². The summed E-state index contributed by atoms with van der Waals surface area (Å²) in [6, 6.07) is 0. The lowest BCUT2D eigenvalue weighted by atomic mass is 10.4. The SMILES string of the molecule is Cc1ncc(CN2CCN/C2=C/[N+](=O)[O-])s1. The molecule has 0 amide bonds. The predicted octanol–water partition coefficient (Wildman–Crippen LogP) is 0.932. The molecular formula is C9H12N4O2S. The van der Waals surface area contributed by atoms with Crippen LogP contribution in [0.15, 0.2) is 18.2 Å². The summed E-state index contributed by atoms with van der Waals surface area (Å²) in [4.78, 5) is 17.2. The van der Waals surface area contributed by atoms with E-state index in [0.29, 0.717) is 12.4 Å². The van der Waals surface area contributed by atoms with E-state index in [2.05, 4.69) is 10.3 Å². The standard InChI is InChI=1S/C9H12N4O2S/c1-7-11-4-8(16-7)5-12-3-2-10-9(12)6-13(14)15/h4,6,10H,2-3,5H2,1H3/b9-6-. The zero-order valence-corrected chi connectivity index (χ0v) is 9.66. The van der Waals surface area contributed by atoms with Gasteiger partial charge in [0.25, 0.3) is 6.20 Å². The fourth-order valence-electron chi connectivity index (χ4n) is 1.61. The average Bonchev–Trinajstić information content (AvgIpc) is 2.77. The molecule has 0 radical (unpaired) electrons. The predicted molar refractivity (Wildman–Crippen MR) is 60.3 cm³/mol. The van der Waals surface area contributed by atoms with Crippen molar-refractivity contribution in [1.82, 2.24) is 15.2 Å². The molecule has 7 heteroatoms. The lowest BCUT2D eigenvalue weighted by Crippen LogP contribution is -2.20. The molecule has 0 atom stereocenters. The minimum absolute atomic E-state index is 0.432. The van der Waals surface area contributed by atoms with Crippen molar-refractivity contribution in [2.24, 2.45) is 0 Å². The average molecular weight is 240 g/mol. The van der Waals surface area contributed by atoms with Crippen molar-refractivity contribution >= 4 is 11.3 Å². The Labute approximate surface area is 96.7 Å². The summed E-state index contributed by atoms with van der Waals surface area (Å²) in [5.74, 6) is 0.580. The van der Waals surface area contributed by atoms with Crippen LogP contribution in [0, 0.1) is 17.0 Å². The van der Waals surface area contributed by atoms with Crippen LogP contribution < -0.4 is 5.32 Å². The molecule has 2 rings (SSSR count). The number of hydrogen-bond acceptors (Lipinski definition) is 6. The molecular weight excluding hydrogens is 228 g/mol. The van der Waals surface area contributed by atoms with E-state index < -0.39 is 4.92 Å². The molecule has 1 fully saturated rings. The molecule has 1 aromatic rings. The second-order valence-corrected chi connectivity index (χ2v) is 4.81. The summed E-state index contributed by atoms with van der Waals surface area (Å²) in [6.45, 7) is 4.16. The topological polar surface area (TPSA) is 71.3 Å². The Morgan fingerprint density at radius 1 is 1.81 bits per heavy atom. The highest BCUT2D eigenvalue weighted by molar-refractivity contribution is 7.11. The molecule has 1 aromatic heterocycles. The monoisotopic (exact) mass is 240 g/mol. The van der Waals surface area contributed by atoms with Crippen LogP contribution >= 0.6 is 11.3 Å². The maximum absolute atomic E-state index is 10.4. The van der Waals surface area contributed by atoms with Gasteiger partial charge in [-0.3, -0.25) is 10.1 Å². The summed E-state index contributed by atoms with van der Waals surface area (Å²) < 4.78 is 0.